The molecule has 0 saturated heterocycles. The van der Waals surface area contributed by atoms with Gasteiger partial charge in [0.1, 0.15) is 0 Å². The van der Waals surface area contributed by atoms with Gasteiger partial charge in [-0.1, -0.05) is 233 Å². The van der Waals surface area contributed by atoms with E-state index in [4.69, 9.17) is 6.42 Å². The van der Waals surface area contributed by atoms with Crippen molar-refractivity contribution in [1.82, 2.24) is 0 Å². The van der Waals surface area contributed by atoms with Gasteiger partial charge in [-0.3, -0.25) is 0 Å². The first-order valence-corrected chi connectivity index (χ1v) is 56.6. The molecule has 124 heavy (non-hydrogen) atoms. The summed E-state index contributed by atoms with van der Waals surface area (Å²) >= 11 is 15.0. The monoisotopic (exact) mass is 1800 g/mol. The highest BCUT2D eigenvalue weighted by Crippen LogP contribution is 2.41. The lowest BCUT2D eigenvalue weighted by molar-refractivity contribution is 0.745. The lowest BCUT2D eigenvalue weighted by atomic mass is 9.96. The van der Waals surface area contributed by atoms with E-state index in [0.29, 0.717) is 0 Å². The molecule has 0 bridgehead atoms. The van der Waals surface area contributed by atoms with Gasteiger partial charge < -0.3 is 0 Å². The van der Waals surface area contributed by atoms with Crippen LogP contribution in [0.4, 0.5) is 0 Å². The zero-order valence-electron chi connectivity index (χ0n) is 80.4. The molecule has 0 aliphatic carbocycles. The maximum Gasteiger partial charge on any atom is 0.0820 e. The molecule has 666 valence electrons. The molecule has 8 rings (SSSR count). The highest BCUT2D eigenvalue weighted by atomic mass is 32.1. The van der Waals surface area contributed by atoms with Gasteiger partial charge in [-0.15, -0.1) is 97.1 Å². The molecule has 8 aromatic rings. The number of unbranched alkanes of at least 4 members (excludes halogenated alkanes) is 17. The first-order valence-electron chi connectivity index (χ1n) is 50.1. The fourth-order valence-corrected chi connectivity index (χ4v) is 25.8. The zero-order chi connectivity index (χ0) is 88.8. The number of thiophene rings is 8. The van der Waals surface area contributed by atoms with E-state index in [9.17, 15) is 0 Å². The fraction of sp³-hybridized carbons (Fsp3) is 0.586. The Morgan fingerprint density at radius 1 is 0.137 bits per heavy atom. The van der Waals surface area contributed by atoms with Crippen LogP contribution in [0.25, 0.3) is 0 Å². The molecule has 0 aliphatic heterocycles. The molecule has 8 heteroatoms. The van der Waals surface area contributed by atoms with Gasteiger partial charge >= 0.3 is 0 Å². The lowest BCUT2D eigenvalue weighted by Crippen LogP contribution is -1.97. The maximum absolute atomic E-state index is 6.26. The molecule has 8 aromatic heterocycles. The average Bonchev–Trinajstić information content (AvgIpc) is 1.65. The lowest BCUT2D eigenvalue weighted by Gasteiger charge is -2.07. The molecule has 0 spiro atoms. The minimum atomic E-state index is 1.02. The Morgan fingerprint density at radius 3 is 0.379 bits per heavy atom. The average molecular weight is 1810 g/mol. The quantitative estimate of drug-likeness (QED) is 0.0333. The molecule has 0 unspecified atom stereocenters. The Bertz CT molecular complexity index is 5140. The van der Waals surface area contributed by atoms with Crippen molar-refractivity contribution in [2.75, 3.05) is 0 Å². The van der Waals surface area contributed by atoms with Crippen molar-refractivity contribution in [1.29, 1.82) is 0 Å². The van der Waals surface area contributed by atoms with Crippen molar-refractivity contribution in [3.8, 4) is 95.2 Å². The highest BCUT2D eigenvalue weighted by Gasteiger charge is 2.26. The van der Waals surface area contributed by atoms with Gasteiger partial charge in [0.2, 0.25) is 0 Å². The van der Waals surface area contributed by atoms with Crippen LogP contribution >= 0.6 is 90.7 Å². The molecule has 0 saturated carbocycles. The maximum atomic E-state index is 6.26. The van der Waals surface area contributed by atoms with Gasteiger partial charge in [0.15, 0.2) is 0 Å². The van der Waals surface area contributed by atoms with Crippen LogP contribution in [0.1, 0.15) is 503 Å². The minimum Gasteiger partial charge on any atom is -0.131 e. The van der Waals surface area contributed by atoms with E-state index < -0.39 is 0 Å². The van der Waals surface area contributed by atoms with Crippen molar-refractivity contribution < 1.29 is 0 Å². The van der Waals surface area contributed by atoms with Crippen molar-refractivity contribution in [3.63, 3.8) is 0 Å². The van der Waals surface area contributed by atoms with Gasteiger partial charge in [0.25, 0.3) is 0 Å². The summed E-state index contributed by atoms with van der Waals surface area (Å²) in [5.74, 6) is 58.6. The summed E-state index contributed by atoms with van der Waals surface area (Å²) < 4.78 is 0. The van der Waals surface area contributed by atoms with Crippen molar-refractivity contribution in [3.05, 3.63) is 167 Å². The largest absolute Gasteiger partial charge is 0.131 e. The Hall–Kier alpha value is -5.92. The van der Waals surface area contributed by atoms with E-state index in [-0.39, 0.29) is 0 Å². The first kappa shape index (κ1) is 103. The van der Waals surface area contributed by atoms with Crippen LogP contribution in [0, 0.1) is 95.2 Å². The predicted molar refractivity (Wildman–Crippen MR) is 561 cm³/mol. The molecule has 0 fully saturated rings. The summed E-state index contributed by atoms with van der Waals surface area (Å²) in [6, 6.07) is 0. The Labute approximate surface area is 791 Å². The van der Waals surface area contributed by atoms with E-state index in [1.165, 1.54) is 204 Å². The van der Waals surface area contributed by atoms with Crippen LogP contribution in [-0.2, 0) is 109 Å². The first-order chi connectivity index (χ1) is 60.8. The highest BCUT2D eigenvalue weighted by molar-refractivity contribution is 7.16. The number of rotatable bonds is 51. The van der Waals surface area contributed by atoms with Gasteiger partial charge in [-0.2, -0.15) is 0 Å². The van der Waals surface area contributed by atoms with Crippen LogP contribution in [0.2, 0.25) is 0 Å². The zero-order valence-corrected chi connectivity index (χ0v) is 86.9. The second kappa shape index (κ2) is 58.6. The second-order valence-electron chi connectivity index (χ2n) is 34.5. The predicted octanol–water partition coefficient (Wildman–Crippen LogP) is 34.8. The number of aryl methyl sites for hydroxylation is 1. The molecule has 0 nitrogen and oxygen atoms in total. The Kier molecular flexibility index (Phi) is 48.9. The van der Waals surface area contributed by atoms with Crippen molar-refractivity contribution in [2.24, 2.45) is 0 Å². The molecule has 0 atom stereocenters. The summed E-state index contributed by atoms with van der Waals surface area (Å²) in [5.41, 5.74) is 23.3. The van der Waals surface area contributed by atoms with Crippen LogP contribution in [-0.4, -0.2) is 0 Å². The number of terminal acetylenes is 1. The van der Waals surface area contributed by atoms with E-state index in [0.717, 1.165) is 275 Å². The van der Waals surface area contributed by atoms with Gasteiger partial charge in [-0.25, -0.2) is 0 Å². The summed E-state index contributed by atoms with van der Waals surface area (Å²) in [5, 5.41) is 0. The second-order valence-corrected chi connectivity index (χ2v) is 42.7. The third kappa shape index (κ3) is 29.8. The topological polar surface area (TPSA) is 0 Å². The molecule has 0 aromatic carbocycles. The minimum absolute atomic E-state index is 1.02. The van der Waals surface area contributed by atoms with E-state index in [1.807, 2.05) is 79.4 Å². The molecule has 8 heterocycles. The van der Waals surface area contributed by atoms with E-state index in [1.54, 1.807) is 27.3 Å². The van der Waals surface area contributed by atoms with Crippen LogP contribution in [0.5, 0.6) is 0 Å². The Morgan fingerprint density at radius 2 is 0.242 bits per heavy atom. The normalized spacial score (nSPS) is 11.0. The molecule has 0 aliphatic rings. The van der Waals surface area contributed by atoms with Gasteiger partial charge in [0, 0.05) is 4.88 Å². The van der Waals surface area contributed by atoms with Gasteiger partial charge in [0.05, 0.1) is 73.2 Å². The van der Waals surface area contributed by atoms with E-state index >= 15 is 0 Å². The van der Waals surface area contributed by atoms with Crippen molar-refractivity contribution in [2.45, 2.75) is 445 Å². The van der Waals surface area contributed by atoms with Crippen molar-refractivity contribution >= 4 is 90.7 Å². The molecule has 0 N–H and O–H groups in total. The van der Waals surface area contributed by atoms with Crippen LogP contribution in [0.15, 0.2) is 0 Å². The third-order valence-electron chi connectivity index (χ3n) is 24.4. The summed E-state index contributed by atoms with van der Waals surface area (Å²) in [7, 11) is 0. The smallest absolute Gasteiger partial charge is 0.0820 e. The molecular weight excluding hydrogens is 1650 g/mol. The summed E-state index contributed by atoms with van der Waals surface area (Å²) in [4.78, 5) is 19.8. The van der Waals surface area contributed by atoms with Crippen LogP contribution in [0.3, 0.4) is 0 Å². The summed E-state index contributed by atoms with van der Waals surface area (Å²) in [6.07, 6.45) is 63.6. The fourth-order valence-electron chi connectivity index (χ4n) is 16.8. The van der Waals surface area contributed by atoms with Gasteiger partial charge in [-0.05, 0) is 390 Å². The molecular formula is C116H154S8. The SMILES string of the molecule is C#Cc1sc(C#Cc2sc(C#Cc3sc(C#Cc4sc(C#Cc5sc(C#Cc6sc(C#Cc7sc(C#Cc8sc(CCCC)c(CCCC)c8CCCC)c(CCCC)c7CCCC)c(CCCC)c6CCCC)c(CCCC)c5CCCC)c(CCCC)c4CCCC)c(CCCC)c3CCCC)c(CCCC)c2CCCC)c(CCCC)c1CCCC. The third-order valence-corrected chi connectivity index (χ3v) is 33.4. The number of hydrogen-bond donors (Lipinski definition) is 0. The molecule has 0 radical (unpaired) electrons. The summed E-state index contributed by atoms with van der Waals surface area (Å²) in [6.45, 7) is 39.6. The Balaban J connectivity index is 1.26. The number of hydrogen-bond acceptors (Lipinski definition) is 8. The standard InChI is InChI=1S/C116H154S8/c1-19-37-54-85-86(55-38-20-2)103(117-101(85)36-18)71-72-105-89(58-41-23-5)90(59-42-24-6)107(119-105)75-76-109-93(62-45-27-9)94(63-46-28-10)111(121-109)79-80-113-97(66-49-31-13)98(67-50-32-14)115(123-113)83-84-116-100(69-52-34-16)99(68-51-33-15)114(124-116)82-81-112-96(65-48-30-12)95(64-47-29-11)110(122-112)78-77-108-92(61-44-26-8)91(60-43-25-7)106(120-108)74-73-104-88(57-40-22-4)87(56-39-21-3)102(118-104)70-53-35-17/h18H,19-35,37-70H2,1-17H3. The van der Waals surface area contributed by atoms with Crippen LogP contribution < -0.4 is 0 Å². The molecule has 0 amide bonds. The van der Waals surface area contributed by atoms with E-state index in [2.05, 4.69) is 207 Å².